The van der Waals surface area contributed by atoms with Crippen LogP contribution in [0.2, 0.25) is 0 Å². The molecule has 0 radical (unpaired) electrons. The summed E-state index contributed by atoms with van der Waals surface area (Å²) in [4.78, 5) is 14.4. The molecule has 5 nitrogen and oxygen atoms in total. The number of ether oxygens (including phenoxy) is 1. The molecule has 0 aromatic heterocycles. The summed E-state index contributed by atoms with van der Waals surface area (Å²) in [6, 6.07) is 4.54. The number of hydrazine groups is 1. The maximum Gasteiger partial charge on any atom is 0.257 e. The summed E-state index contributed by atoms with van der Waals surface area (Å²) in [5, 5.41) is 0. The van der Waals surface area contributed by atoms with Crippen molar-refractivity contribution in [2.75, 3.05) is 13.1 Å². The molecule has 3 aliphatic rings. The van der Waals surface area contributed by atoms with E-state index in [9.17, 15) is 9.18 Å². The average Bonchev–Trinajstić information content (AvgIpc) is 3.19. The van der Waals surface area contributed by atoms with Gasteiger partial charge in [0.2, 0.25) is 0 Å². The Bertz CT molecular complexity index is 603. The SMILES string of the molecule is NNC1CC2(C1)CN(C(=O)c1ccc(F)cc1OC1CC1)C2. The lowest BCUT2D eigenvalue weighted by Gasteiger charge is -2.58. The van der Waals surface area contributed by atoms with Gasteiger partial charge in [0.25, 0.3) is 5.91 Å². The molecular weight excluding hydrogens is 285 g/mol. The summed E-state index contributed by atoms with van der Waals surface area (Å²) in [5.41, 5.74) is 3.49. The maximum atomic E-state index is 13.4. The van der Waals surface area contributed by atoms with Gasteiger partial charge in [0.15, 0.2) is 0 Å². The molecule has 1 amide bonds. The van der Waals surface area contributed by atoms with Gasteiger partial charge in [0.1, 0.15) is 11.6 Å². The molecule has 1 aromatic rings. The van der Waals surface area contributed by atoms with Gasteiger partial charge in [-0.05, 0) is 37.8 Å². The van der Waals surface area contributed by atoms with E-state index in [4.69, 9.17) is 10.6 Å². The van der Waals surface area contributed by atoms with E-state index in [0.29, 0.717) is 17.4 Å². The molecule has 1 heterocycles. The van der Waals surface area contributed by atoms with Crippen molar-refractivity contribution >= 4 is 5.91 Å². The van der Waals surface area contributed by atoms with Crippen LogP contribution < -0.4 is 16.0 Å². The quantitative estimate of drug-likeness (QED) is 0.652. The summed E-state index contributed by atoms with van der Waals surface area (Å²) < 4.78 is 19.1. The monoisotopic (exact) mass is 305 g/mol. The summed E-state index contributed by atoms with van der Waals surface area (Å²) in [7, 11) is 0. The molecule has 1 spiro atoms. The first-order valence-electron chi connectivity index (χ1n) is 7.80. The molecule has 0 bridgehead atoms. The van der Waals surface area contributed by atoms with Gasteiger partial charge in [-0.1, -0.05) is 0 Å². The van der Waals surface area contributed by atoms with E-state index in [1.165, 1.54) is 18.2 Å². The van der Waals surface area contributed by atoms with Crippen LogP contribution in [0.15, 0.2) is 18.2 Å². The predicted molar refractivity (Wildman–Crippen MR) is 78.7 cm³/mol. The van der Waals surface area contributed by atoms with Crippen LogP contribution in [0.4, 0.5) is 4.39 Å². The Kier molecular flexibility index (Phi) is 3.13. The van der Waals surface area contributed by atoms with Crippen LogP contribution in [0.3, 0.4) is 0 Å². The number of halogens is 1. The van der Waals surface area contributed by atoms with Crippen molar-refractivity contribution < 1.29 is 13.9 Å². The summed E-state index contributed by atoms with van der Waals surface area (Å²) in [6.07, 6.45) is 4.12. The van der Waals surface area contributed by atoms with E-state index in [1.807, 2.05) is 4.90 Å². The van der Waals surface area contributed by atoms with Crippen LogP contribution >= 0.6 is 0 Å². The van der Waals surface area contributed by atoms with Crippen LogP contribution in [-0.4, -0.2) is 36.0 Å². The van der Waals surface area contributed by atoms with Crippen molar-refractivity contribution in [2.45, 2.75) is 37.8 Å². The number of amides is 1. The summed E-state index contributed by atoms with van der Waals surface area (Å²) in [6.45, 7) is 1.51. The van der Waals surface area contributed by atoms with Gasteiger partial charge >= 0.3 is 0 Å². The minimum absolute atomic E-state index is 0.0644. The standard InChI is InChI=1S/C16H20FN3O2/c17-10-1-4-13(14(5-10)22-12-2-3-12)15(21)20-8-16(9-20)6-11(7-16)19-18/h1,4-5,11-12,19H,2-3,6-9,18H2. The second kappa shape index (κ2) is 4.93. The number of likely N-dealkylation sites (tertiary alicyclic amines) is 1. The molecule has 0 atom stereocenters. The fourth-order valence-electron chi connectivity index (χ4n) is 3.57. The summed E-state index contributed by atoms with van der Waals surface area (Å²) in [5.74, 6) is 5.36. The number of nitrogens with one attached hydrogen (secondary N) is 1. The van der Waals surface area contributed by atoms with Crippen LogP contribution in [0, 0.1) is 11.2 Å². The highest BCUT2D eigenvalue weighted by molar-refractivity contribution is 5.97. The van der Waals surface area contributed by atoms with Gasteiger partial charge in [-0.2, -0.15) is 0 Å². The van der Waals surface area contributed by atoms with Crippen molar-refractivity contribution in [3.8, 4) is 5.75 Å². The zero-order chi connectivity index (χ0) is 15.3. The predicted octanol–water partition coefficient (Wildman–Crippen LogP) is 1.43. The Labute approximate surface area is 128 Å². The van der Waals surface area contributed by atoms with Gasteiger partial charge in [0, 0.05) is 30.6 Å². The molecule has 118 valence electrons. The minimum atomic E-state index is -0.372. The molecule has 2 aliphatic carbocycles. The molecule has 1 aromatic carbocycles. The number of benzene rings is 1. The lowest BCUT2D eigenvalue weighted by atomic mass is 9.61. The Morgan fingerprint density at radius 3 is 2.73 bits per heavy atom. The Morgan fingerprint density at radius 1 is 1.36 bits per heavy atom. The van der Waals surface area contributed by atoms with Crippen molar-refractivity contribution in [3.63, 3.8) is 0 Å². The first-order valence-corrected chi connectivity index (χ1v) is 7.80. The second-order valence-corrected chi connectivity index (χ2v) is 6.89. The van der Waals surface area contributed by atoms with E-state index in [2.05, 4.69) is 5.43 Å². The van der Waals surface area contributed by atoms with Crippen LogP contribution in [0.5, 0.6) is 5.75 Å². The molecule has 6 heteroatoms. The molecular formula is C16H20FN3O2. The smallest absolute Gasteiger partial charge is 0.257 e. The largest absolute Gasteiger partial charge is 0.489 e. The number of nitrogens with two attached hydrogens (primary N) is 1. The number of hydrogen-bond donors (Lipinski definition) is 2. The number of rotatable bonds is 4. The molecule has 3 fully saturated rings. The molecule has 22 heavy (non-hydrogen) atoms. The highest BCUT2D eigenvalue weighted by Crippen LogP contribution is 2.48. The fraction of sp³-hybridized carbons (Fsp3) is 0.562. The third-order valence-electron chi connectivity index (χ3n) is 4.93. The van der Waals surface area contributed by atoms with Crippen LogP contribution in [-0.2, 0) is 0 Å². The topological polar surface area (TPSA) is 67.6 Å². The van der Waals surface area contributed by atoms with Gasteiger partial charge in [0.05, 0.1) is 11.7 Å². The normalized spacial score (nSPS) is 23.1. The molecule has 2 saturated carbocycles. The van der Waals surface area contributed by atoms with Crippen molar-refractivity contribution in [1.29, 1.82) is 0 Å². The Balaban J connectivity index is 1.45. The molecule has 1 aliphatic heterocycles. The van der Waals surface area contributed by atoms with E-state index < -0.39 is 0 Å². The Morgan fingerprint density at radius 2 is 2.09 bits per heavy atom. The van der Waals surface area contributed by atoms with Crippen LogP contribution in [0.25, 0.3) is 0 Å². The van der Waals surface area contributed by atoms with Gasteiger partial charge < -0.3 is 9.64 Å². The highest BCUT2D eigenvalue weighted by atomic mass is 19.1. The van der Waals surface area contributed by atoms with Crippen molar-refractivity contribution in [1.82, 2.24) is 10.3 Å². The van der Waals surface area contributed by atoms with E-state index in [0.717, 1.165) is 38.8 Å². The molecule has 0 unspecified atom stereocenters. The first kappa shape index (κ1) is 14.0. The van der Waals surface area contributed by atoms with E-state index >= 15 is 0 Å². The third kappa shape index (κ3) is 2.36. The second-order valence-electron chi connectivity index (χ2n) is 6.89. The van der Waals surface area contributed by atoms with Crippen molar-refractivity contribution in [3.05, 3.63) is 29.6 Å². The van der Waals surface area contributed by atoms with Crippen molar-refractivity contribution in [2.24, 2.45) is 11.3 Å². The van der Waals surface area contributed by atoms with Gasteiger partial charge in [-0.25, -0.2) is 4.39 Å². The number of carbonyl (C=O) groups is 1. The van der Waals surface area contributed by atoms with E-state index in [1.54, 1.807) is 0 Å². The number of nitrogens with zero attached hydrogens (tertiary/aromatic N) is 1. The lowest BCUT2D eigenvalue weighted by molar-refractivity contribution is -0.0612. The first-order chi connectivity index (χ1) is 10.6. The third-order valence-corrected chi connectivity index (χ3v) is 4.93. The zero-order valence-corrected chi connectivity index (χ0v) is 12.3. The highest BCUT2D eigenvalue weighted by Gasteiger charge is 2.53. The van der Waals surface area contributed by atoms with Gasteiger partial charge in [-0.15, -0.1) is 0 Å². The Hall–Kier alpha value is -1.66. The number of hydrogen-bond acceptors (Lipinski definition) is 4. The lowest BCUT2D eigenvalue weighted by Crippen LogP contribution is -2.67. The average molecular weight is 305 g/mol. The number of carbonyl (C=O) groups excluding carboxylic acids is 1. The molecule has 3 N–H and O–H groups in total. The fourth-order valence-corrected chi connectivity index (χ4v) is 3.57. The maximum absolute atomic E-state index is 13.4. The van der Waals surface area contributed by atoms with E-state index in [-0.39, 0.29) is 23.2 Å². The minimum Gasteiger partial charge on any atom is -0.489 e. The zero-order valence-electron chi connectivity index (χ0n) is 12.3. The van der Waals surface area contributed by atoms with Gasteiger partial charge in [-0.3, -0.25) is 16.1 Å². The summed E-state index contributed by atoms with van der Waals surface area (Å²) >= 11 is 0. The van der Waals surface area contributed by atoms with Crippen LogP contribution in [0.1, 0.15) is 36.0 Å². The molecule has 1 saturated heterocycles. The molecule has 4 rings (SSSR count).